The van der Waals surface area contributed by atoms with Crippen LogP contribution in [0.5, 0.6) is 5.75 Å². The maximum Gasteiger partial charge on any atom is 0.271 e. The molecule has 1 amide bonds. The van der Waals surface area contributed by atoms with Crippen LogP contribution in [0.2, 0.25) is 0 Å². The van der Waals surface area contributed by atoms with Gasteiger partial charge in [-0.3, -0.25) is 4.79 Å². The minimum Gasteiger partial charge on any atom is -0.484 e. The average Bonchev–Trinajstić information content (AvgIpc) is 2.89. The number of nitrogens with one attached hydrogen (secondary N) is 1. The molecule has 1 saturated heterocycles. The number of benzene rings is 2. The first-order chi connectivity index (χ1) is 16.5. The van der Waals surface area contributed by atoms with Crippen molar-refractivity contribution >= 4 is 11.7 Å². The molecule has 3 N–H and O–H groups in total. The lowest BCUT2D eigenvalue weighted by Crippen LogP contribution is -2.57. The van der Waals surface area contributed by atoms with Gasteiger partial charge >= 0.3 is 0 Å². The molecule has 34 heavy (non-hydrogen) atoms. The molecule has 2 aromatic carbocycles. The number of rotatable bonds is 5. The molecular weight excluding hydrogens is 432 g/mol. The summed E-state index contributed by atoms with van der Waals surface area (Å²) in [5.74, 6) is 1.15. The first-order valence-electron chi connectivity index (χ1n) is 11.6. The van der Waals surface area contributed by atoms with E-state index in [1.165, 1.54) is 0 Å². The number of amides is 1. The Morgan fingerprint density at radius 1 is 1.06 bits per heavy atom. The van der Waals surface area contributed by atoms with Gasteiger partial charge < -0.3 is 25.2 Å². The van der Waals surface area contributed by atoms with Gasteiger partial charge in [0.05, 0.1) is 12.2 Å². The van der Waals surface area contributed by atoms with Crippen LogP contribution >= 0.6 is 0 Å². The van der Waals surface area contributed by atoms with Crippen molar-refractivity contribution in [1.29, 1.82) is 0 Å². The Hall–Kier alpha value is -3.49. The standard InChI is InChI=1S/C26H28N4O4/c31-21(18-6-2-1-3-7-18)17-27-25(33)20-10-11-24(29-28-20)30-14-12-26(13-15-30)23(32)16-19-8-4-5-9-22(19)34-26/h1-11,21,23,31-32H,12-17H2,(H,27,33). The summed E-state index contributed by atoms with van der Waals surface area (Å²) in [5, 5.41) is 32.1. The molecule has 3 aromatic rings. The second kappa shape index (κ2) is 9.40. The van der Waals surface area contributed by atoms with E-state index in [1.54, 1.807) is 12.1 Å². The minimum atomic E-state index is -0.789. The molecule has 2 aliphatic heterocycles. The third-order valence-electron chi connectivity index (χ3n) is 6.76. The second-order valence-corrected chi connectivity index (χ2v) is 8.89. The van der Waals surface area contributed by atoms with Crippen molar-refractivity contribution < 1.29 is 19.7 Å². The van der Waals surface area contributed by atoms with Gasteiger partial charge in [0.2, 0.25) is 0 Å². The molecule has 0 bridgehead atoms. The number of hydrogen-bond donors (Lipinski definition) is 3. The fourth-order valence-corrected chi connectivity index (χ4v) is 4.69. The largest absolute Gasteiger partial charge is 0.484 e. The van der Waals surface area contributed by atoms with Crippen LogP contribution in [-0.4, -0.2) is 57.7 Å². The average molecular weight is 461 g/mol. The van der Waals surface area contributed by atoms with Gasteiger partial charge in [-0.15, -0.1) is 10.2 Å². The molecule has 2 unspecified atom stereocenters. The van der Waals surface area contributed by atoms with Gasteiger partial charge in [0.1, 0.15) is 11.4 Å². The van der Waals surface area contributed by atoms with E-state index in [0.29, 0.717) is 38.2 Å². The minimum absolute atomic E-state index is 0.0892. The molecule has 0 radical (unpaired) electrons. The summed E-state index contributed by atoms with van der Waals surface area (Å²) in [7, 11) is 0. The Kier molecular flexibility index (Phi) is 6.17. The number of aliphatic hydroxyl groups excluding tert-OH is 2. The summed E-state index contributed by atoms with van der Waals surface area (Å²) < 4.78 is 6.30. The van der Waals surface area contributed by atoms with E-state index in [0.717, 1.165) is 16.9 Å². The lowest BCUT2D eigenvalue weighted by molar-refractivity contribution is -0.0810. The number of fused-ring (bicyclic) bond motifs is 1. The smallest absolute Gasteiger partial charge is 0.271 e. The Morgan fingerprint density at radius 3 is 2.53 bits per heavy atom. The van der Waals surface area contributed by atoms with E-state index in [1.807, 2.05) is 54.6 Å². The number of para-hydroxylation sites is 1. The number of anilines is 1. The number of aromatic nitrogens is 2. The molecule has 176 valence electrons. The number of aliphatic hydroxyl groups is 2. The molecule has 1 aromatic heterocycles. The molecule has 0 aliphatic carbocycles. The highest BCUT2D eigenvalue weighted by Gasteiger charge is 2.46. The number of ether oxygens (including phenoxy) is 1. The van der Waals surface area contributed by atoms with Gasteiger partial charge in [0, 0.05) is 38.9 Å². The van der Waals surface area contributed by atoms with E-state index < -0.39 is 17.8 Å². The number of hydrogen-bond acceptors (Lipinski definition) is 7. The lowest BCUT2D eigenvalue weighted by atomic mass is 9.80. The van der Waals surface area contributed by atoms with Crippen molar-refractivity contribution in [3.05, 3.63) is 83.6 Å². The zero-order valence-corrected chi connectivity index (χ0v) is 18.8. The van der Waals surface area contributed by atoms with Gasteiger partial charge in [0.15, 0.2) is 11.5 Å². The molecule has 2 aliphatic rings. The van der Waals surface area contributed by atoms with E-state index in [2.05, 4.69) is 20.4 Å². The van der Waals surface area contributed by atoms with Gasteiger partial charge in [-0.2, -0.15) is 0 Å². The summed E-state index contributed by atoms with van der Waals surface area (Å²) in [6, 6.07) is 20.5. The molecule has 2 atom stereocenters. The maximum absolute atomic E-state index is 12.4. The number of carbonyl (C=O) groups is 1. The lowest BCUT2D eigenvalue weighted by Gasteiger charge is -2.47. The third kappa shape index (κ3) is 4.47. The molecule has 8 nitrogen and oxygen atoms in total. The predicted molar refractivity (Wildman–Crippen MR) is 127 cm³/mol. The molecular formula is C26H28N4O4. The van der Waals surface area contributed by atoms with Crippen LogP contribution in [0.15, 0.2) is 66.7 Å². The van der Waals surface area contributed by atoms with Crippen molar-refractivity contribution in [2.75, 3.05) is 24.5 Å². The van der Waals surface area contributed by atoms with E-state index in [-0.39, 0.29) is 18.1 Å². The Bertz CT molecular complexity index is 1130. The van der Waals surface area contributed by atoms with Crippen LogP contribution in [0.25, 0.3) is 0 Å². The number of nitrogens with zero attached hydrogens (tertiary/aromatic N) is 3. The van der Waals surface area contributed by atoms with Gasteiger partial charge in [-0.05, 0) is 29.3 Å². The van der Waals surface area contributed by atoms with Crippen LogP contribution in [0.3, 0.4) is 0 Å². The quantitative estimate of drug-likeness (QED) is 0.536. The number of carbonyl (C=O) groups excluding carboxylic acids is 1. The predicted octanol–water partition coefficient (Wildman–Crippen LogP) is 2.28. The summed E-state index contributed by atoms with van der Waals surface area (Å²) in [6.07, 6.45) is 0.599. The summed E-state index contributed by atoms with van der Waals surface area (Å²) in [6.45, 7) is 1.43. The van der Waals surface area contributed by atoms with E-state index in [4.69, 9.17) is 4.74 Å². The summed E-state index contributed by atoms with van der Waals surface area (Å²) in [5.41, 5.74) is 1.39. The number of piperidine rings is 1. The fraction of sp³-hybridized carbons (Fsp3) is 0.346. The highest BCUT2D eigenvalue weighted by molar-refractivity contribution is 5.92. The maximum atomic E-state index is 12.4. The topological polar surface area (TPSA) is 108 Å². The van der Waals surface area contributed by atoms with Crippen LogP contribution < -0.4 is 15.0 Å². The molecule has 1 fully saturated rings. The van der Waals surface area contributed by atoms with E-state index >= 15 is 0 Å². The SMILES string of the molecule is O=C(NCC(O)c1ccccc1)c1ccc(N2CCC3(CC2)Oc2ccccc2CC3O)nn1. The highest BCUT2D eigenvalue weighted by Crippen LogP contribution is 2.40. The van der Waals surface area contributed by atoms with E-state index in [9.17, 15) is 15.0 Å². The summed E-state index contributed by atoms with van der Waals surface area (Å²) in [4.78, 5) is 14.5. The molecule has 8 heteroatoms. The second-order valence-electron chi connectivity index (χ2n) is 8.89. The monoisotopic (exact) mass is 460 g/mol. The Morgan fingerprint density at radius 2 is 1.79 bits per heavy atom. The van der Waals surface area contributed by atoms with Crippen LogP contribution in [0.1, 0.15) is 40.6 Å². The van der Waals surface area contributed by atoms with Crippen LogP contribution in [-0.2, 0) is 6.42 Å². The first-order valence-corrected chi connectivity index (χ1v) is 11.6. The summed E-state index contributed by atoms with van der Waals surface area (Å²) >= 11 is 0. The fourth-order valence-electron chi connectivity index (χ4n) is 4.69. The zero-order chi connectivity index (χ0) is 23.5. The first kappa shape index (κ1) is 22.3. The highest BCUT2D eigenvalue weighted by atomic mass is 16.5. The normalized spacial score (nSPS) is 19.7. The third-order valence-corrected chi connectivity index (χ3v) is 6.76. The van der Waals surface area contributed by atoms with Gasteiger partial charge in [-0.25, -0.2) is 0 Å². The van der Waals surface area contributed by atoms with Crippen molar-refractivity contribution in [3.8, 4) is 5.75 Å². The van der Waals surface area contributed by atoms with Gasteiger partial charge in [-0.1, -0.05) is 48.5 Å². The van der Waals surface area contributed by atoms with Crippen molar-refractivity contribution in [2.24, 2.45) is 0 Å². The van der Waals surface area contributed by atoms with Crippen molar-refractivity contribution in [3.63, 3.8) is 0 Å². The molecule has 1 spiro atoms. The van der Waals surface area contributed by atoms with Crippen molar-refractivity contribution in [1.82, 2.24) is 15.5 Å². The molecule has 5 rings (SSSR count). The zero-order valence-electron chi connectivity index (χ0n) is 18.8. The molecule has 3 heterocycles. The Balaban J connectivity index is 1.17. The van der Waals surface area contributed by atoms with Crippen molar-refractivity contribution in [2.45, 2.75) is 37.1 Å². The van der Waals surface area contributed by atoms with Gasteiger partial charge in [0.25, 0.3) is 5.91 Å². The van der Waals surface area contributed by atoms with Crippen LogP contribution in [0.4, 0.5) is 5.82 Å². The molecule has 0 saturated carbocycles. The Labute approximate surface area is 198 Å². The van der Waals surface area contributed by atoms with Crippen LogP contribution in [0, 0.1) is 0 Å².